The number of thiocarbonyl (C=S) groups is 1. The van der Waals surface area contributed by atoms with Crippen molar-refractivity contribution >= 4 is 40.4 Å². The highest BCUT2D eigenvalue weighted by molar-refractivity contribution is 7.81. The van der Waals surface area contributed by atoms with Crippen molar-refractivity contribution in [2.75, 3.05) is 18.4 Å². The largest absolute Gasteiger partial charge is 0.417 e. The third kappa shape index (κ3) is 9.62. The molecule has 1 saturated heterocycles. The van der Waals surface area contributed by atoms with Crippen molar-refractivity contribution in [3.05, 3.63) is 23.4 Å². The Morgan fingerprint density at radius 3 is 2.37 bits per heavy atom. The van der Waals surface area contributed by atoms with E-state index in [1.807, 2.05) is 5.32 Å². The molecule has 0 aliphatic carbocycles. The summed E-state index contributed by atoms with van der Waals surface area (Å²) in [6.45, 7) is 7.27. The lowest BCUT2D eigenvalue weighted by Crippen LogP contribution is -2.49. The van der Waals surface area contributed by atoms with Crippen LogP contribution in [-0.4, -0.2) is 80.4 Å². The molecule has 1 fully saturated rings. The second kappa shape index (κ2) is 13.4. The van der Waals surface area contributed by atoms with Gasteiger partial charge in [0, 0.05) is 30.9 Å². The van der Waals surface area contributed by atoms with E-state index in [2.05, 4.69) is 15.3 Å². The van der Waals surface area contributed by atoms with Gasteiger partial charge in [-0.1, -0.05) is 19.1 Å². The average molecular weight is 612 g/mol. The van der Waals surface area contributed by atoms with Crippen molar-refractivity contribution < 1.29 is 41.0 Å². The van der Waals surface area contributed by atoms with Crippen LogP contribution in [0.5, 0.6) is 0 Å². The quantitative estimate of drug-likeness (QED) is 0.154. The van der Waals surface area contributed by atoms with Crippen LogP contribution in [0.25, 0.3) is 0 Å². The average Bonchev–Trinajstić information content (AvgIpc) is 2.86. The zero-order valence-corrected chi connectivity index (χ0v) is 24.2. The van der Waals surface area contributed by atoms with Crippen molar-refractivity contribution in [2.24, 2.45) is 4.99 Å². The van der Waals surface area contributed by atoms with Crippen molar-refractivity contribution in [1.29, 1.82) is 0 Å². The fourth-order valence-electron chi connectivity index (χ4n) is 4.19. The van der Waals surface area contributed by atoms with Gasteiger partial charge in [-0.25, -0.2) is 4.98 Å². The Bertz CT molecular complexity index is 1150. The molecule has 2 heterocycles. The number of anilines is 1. The lowest BCUT2D eigenvalue weighted by molar-refractivity contribution is -0.143. The number of hydrogen-bond acceptors (Lipinski definition) is 7. The van der Waals surface area contributed by atoms with Crippen molar-refractivity contribution in [3.8, 4) is 0 Å². The first-order chi connectivity index (χ1) is 18.8. The molecule has 1 unspecified atom stereocenters. The van der Waals surface area contributed by atoms with Crippen LogP contribution in [0.15, 0.2) is 17.3 Å². The molecular formula is C26H35F6N5O3S. The third-order valence-electron chi connectivity index (χ3n) is 6.50. The monoisotopic (exact) mass is 611 g/mol. The first kappa shape index (κ1) is 34.4. The number of aromatic nitrogens is 1. The van der Waals surface area contributed by atoms with E-state index in [1.54, 1.807) is 6.92 Å². The molecule has 3 N–H and O–H groups in total. The van der Waals surface area contributed by atoms with Crippen LogP contribution < -0.4 is 10.6 Å². The Morgan fingerprint density at radius 1 is 1.22 bits per heavy atom. The van der Waals surface area contributed by atoms with Gasteiger partial charge in [0.1, 0.15) is 11.9 Å². The molecule has 0 bridgehead atoms. The number of aliphatic hydroxyl groups is 1. The van der Waals surface area contributed by atoms with Crippen LogP contribution in [0.3, 0.4) is 0 Å². The number of pyridine rings is 1. The lowest BCUT2D eigenvalue weighted by Gasteiger charge is -2.35. The van der Waals surface area contributed by atoms with E-state index in [1.165, 1.54) is 32.6 Å². The molecule has 1 aliphatic rings. The number of halogens is 6. The summed E-state index contributed by atoms with van der Waals surface area (Å²) in [5, 5.41) is 14.3. The first-order valence-electron chi connectivity index (χ1n) is 13.1. The molecule has 8 nitrogen and oxygen atoms in total. The zero-order valence-electron chi connectivity index (χ0n) is 23.4. The number of nitrogens with zero attached hydrogens (tertiary/aromatic N) is 3. The van der Waals surface area contributed by atoms with Crippen molar-refractivity contribution in [3.63, 3.8) is 0 Å². The summed E-state index contributed by atoms with van der Waals surface area (Å²) in [5.74, 6) is -2.16. The fourth-order valence-corrected chi connectivity index (χ4v) is 4.51. The molecular weight excluding hydrogens is 576 g/mol. The van der Waals surface area contributed by atoms with E-state index in [9.17, 15) is 41.0 Å². The van der Waals surface area contributed by atoms with Gasteiger partial charge in [-0.05, 0) is 59.4 Å². The molecule has 3 atom stereocenters. The number of nitrogens with one attached hydrogen (secondary N) is 2. The molecule has 1 aromatic rings. The minimum Gasteiger partial charge on any atom is -0.389 e. The highest BCUT2D eigenvalue weighted by atomic mass is 32.1. The number of aliphatic imine (C=N–C) groups is 1. The van der Waals surface area contributed by atoms with Crippen LogP contribution in [0.2, 0.25) is 0 Å². The number of alkyl halides is 6. The minimum atomic E-state index is -5.08. The van der Waals surface area contributed by atoms with Gasteiger partial charge in [-0.15, -0.1) is 0 Å². The number of amides is 2. The van der Waals surface area contributed by atoms with Crippen LogP contribution >= 0.6 is 12.2 Å². The lowest BCUT2D eigenvalue weighted by atomic mass is 9.97. The first-order valence-corrected chi connectivity index (χ1v) is 13.5. The number of piperidine rings is 1. The molecule has 2 amide bonds. The molecule has 1 aromatic heterocycles. The summed E-state index contributed by atoms with van der Waals surface area (Å²) in [5.41, 5.74) is -3.65. The van der Waals surface area contributed by atoms with Crippen LogP contribution in [-0.2, 0) is 15.8 Å². The molecule has 15 heteroatoms. The third-order valence-corrected chi connectivity index (χ3v) is 6.94. The Kier molecular flexibility index (Phi) is 11.3. The van der Waals surface area contributed by atoms with Gasteiger partial charge in [0.25, 0.3) is 11.8 Å². The molecule has 2 rings (SSSR count). The van der Waals surface area contributed by atoms with E-state index in [-0.39, 0.29) is 18.3 Å². The molecule has 0 saturated carbocycles. The summed E-state index contributed by atoms with van der Waals surface area (Å²) >= 11 is 5.36. The Balaban J connectivity index is 2.57. The smallest absolute Gasteiger partial charge is 0.389 e. The molecule has 0 aromatic carbocycles. The van der Waals surface area contributed by atoms with Gasteiger partial charge in [-0.3, -0.25) is 14.6 Å². The second-order valence-electron chi connectivity index (χ2n) is 10.6. The fraction of sp³-hybridized carbons (Fsp3) is 0.654. The van der Waals surface area contributed by atoms with Crippen LogP contribution in [0.4, 0.5) is 32.2 Å². The predicted molar refractivity (Wildman–Crippen MR) is 146 cm³/mol. The second-order valence-corrected chi connectivity index (χ2v) is 11.1. The van der Waals surface area contributed by atoms with E-state index >= 15 is 0 Å². The summed E-state index contributed by atoms with van der Waals surface area (Å²) in [6, 6.07) is -3.72. The summed E-state index contributed by atoms with van der Waals surface area (Å²) in [6.07, 6.45) is -7.46. The maximum absolute atomic E-state index is 14.2. The number of rotatable bonds is 10. The molecule has 41 heavy (non-hydrogen) atoms. The number of hydrogen-bond donors (Lipinski definition) is 3. The summed E-state index contributed by atoms with van der Waals surface area (Å²) in [4.78, 5) is 35.0. The minimum absolute atomic E-state index is 0.168. The highest BCUT2D eigenvalue weighted by Gasteiger charge is 2.41. The SMILES string of the molecule is CC[C@H](Nc1cc(C(F)(F)F)c(C(=S)C(N=C(C)C(=O)NCC(C)(C)O)C(=O)N2CCCC[C@@H]2C)cn1)C(F)(F)F. The Morgan fingerprint density at radius 2 is 1.85 bits per heavy atom. The van der Waals surface area contributed by atoms with E-state index < -0.39 is 70.1 Å². The van der Waals surface area contributed by atoms with Gasteiger partial charge in [0.2, 0.25) is 0 Å². The van der Waals surface area contributed by atoms with E-state index in [0.717, 1.165) is 6.42 Å². The van der Waals surface area contributed by atoms with Crippen molar-refractivity contribution in [1.82, 2.24) is 15.2 Å². The van der Waals surface area contributed by atoms with Gasteiger partial charge in [0.05, 0.1) is 21.7 Å². The van der Waals surface area contributed by atoms with E-state index in [0.29, 0.717) is 31.6 Å². The molecule has 1 aliphatic heterocycles. The molecule has 0 radical (unpaired) electrons. The Hall–Kier alpha value is -2.81. The molecule has 0 spiro atoms. The number of carbonyl (C=O) groups is 2. The van der Waals surface area contributed by atoms with Gasteiger partial charge in [-0.2, -0.15) is 26.3 Å². The highest BCUT2D eigenvalue weighted by Crippen LogP contribution is 2.35. The van der Waals surface area contributed by atoms with Gasteiger partial charge < -0.3 is 20.6 Å². The Labute approximate surface area is 240 Å². The zero-order chi connectivity index (χ0) is 31.3. The number of carbonyl (C=O) groups excluding carboxylic acids is 2. The standard InChI is InChI=1S/C26H35F6N5O3S/c1-6-18(26(30,31)32)36-19-11-17(25(27,28)29)16(12-33-19)21(41)20(23(39)37-10-8-7-9-14(37)2)35-15(3)22(38)34-13-24(4,5)40/h11-12,14,18,20,40H,6-10,13H2,1-5H3,(H,33,36)(H,34,38)/t14-,18-,20?/m0/s1. The summed E-state index contributed by atoms with van der Waals surface area (Å²) < 4.78 is 82.2. The normalized spacial score (nSPS) is 18.5. The topological polar surface area (TPSA) is 107 Å². The van der Waals surface area contributed by atoms with Gasteiger partial charge >= 0.3 is 12.4 Å². The van der Waals surface area contributed by atoms with Crippen LogP contribution in [0, 0.1) is 0 Å². The maximum atomic E-state index is 14.2. The predicted octanol–water partition coefficient (Wildman–Crippen LogP) is 4.69. The van der Waals surface area contributed by atoms with Crippen molar-refractivity contribution in [2.45, 2.75) is 96.4 Å². The summed E-state index contributed by atoms with van der Waals surface area (Å²) in [7, 11) is 0. The van der Waals surface area contributed by atoms with Gasteiger partial charge in [0.15, 0.2) is 6.04 Å². The van der Waals surface area contributed by atoms with E-state index in [4.69, 9.17) is 12.2 Å². The van der Waals surface area contributed by atoms with Crippen LogP contribution in [0.1, 0.15) is 71.4 Å². The number of likely N-dealkylation sites (tertiary alicyclic amines) is 1. The molecule has 230 valence electrons. The maximum Gasteiger partial charge on any atom is 0.417 e.